The fraction of sp³-hybridized carbons (Fsp3) is 0.774. The number of amides is 2. The minimum Gasteiger partial charge on any atom is -0.461 e. The molecule has 3 unspecified atom stereocenters. The average Bonchev–Trinajstić information content (AvgIpc) is 3.31. The van der Waals surface area contributed by atoms with Crippen molar-refractivity contribution in [2.24, 2.45) is 29.1 Å². The van der Waals surface area contributed by atoms with Gasteiger partial charge in [0.1, 0.15) is 24.2 Å². The maximum absolute atomic E-state index is 14.8. The molecule has 0 aromatic carbocycles. The largest absolute Gasteiger partial charge is 0.461 e. The van der Waals surface area contributed by atoms with Crippen LogP contribution < -0.4 is 0 Å². The second-order valence-electron chi connectivity index (χ2n) is 14.1. The molecule has 3 aliphatic rings. The van der Waals surface area contributed by atoms with Gasteiger partial charge in [-0.15, -0.1) is 6.58 Å². The number of carbonyl (C=O) groups is 3. The highest BCUT2D eigenvalue weighted by atomic mass is 16.6. The van der Waals surface area contributed by atoms with E-state index in [9.17, 15) is 19.5 Å². The molecule has 7 atom stereocenters. The molecule has 0 aromatic rings. The van der Waals surface area contributed by atoms with Crippen LogP contribution in [0.4, 0.5) is 0 Å². The summed E-state index contributed by atoms with van der Waals surface area (Å²) in [7, 11) is 0. The Morgan fingerprint density at radius 3 is 2.33 bits per heavy atom. The van der Waals surface area contributed by atoms with Crippen molar-refractivity contribution in [2.75, 3.05) is 19.8 Å². The van der Waals surface area contributed by atoms with Crippen molar-refractivity contribution in [3.63, 3.8) is 0 Å². The third-order valence-corrected chi connectivity index (χ3v) is 9.17. The molecule has 8 heteroatoms. The summed E-state index contributed by atoms with van der Waals surface area (Å²) in [5, 5.41) is 10.5. The zero-order valence-corrected chi connectivity index (χ0v) is 25.5. The summed E-state index contributed by atoms with van der Waals surface area (Å²) in [5.41, 5.74) is -2.79. The molecule has 39 heavy (non-hydrogen) atoms. The quantitative estimate of drug-likeness (QED) is 0.311. The standard InChI is InChI=1S/C31H50N2O6/c1-12-14-32(29(9,10)18-28(6,7)8)26(36)24-31-16-20(5)30(11,39-31)23(27(37)38-15-13-2)22(31)25(35)33(24)21(17-34)19(3)4/h12-13,19-24,34H,1-2,14-18H2,3-11H3/t20?,21-,22-,23+,24?,30-,31?/m0/s1. The summed E-state index contributed by atoms with van der Waals surface area (Å²) in [6, 6.07) is -1.60. The van der Waals surface area contributed by atoms with Crippen LogP contribution in [0.2, 0.25) is 0 Å². The van der Waals surface area contributed by atoms with Gasteiger partial charge in [-0.2, -0.15) is 0 Å². The molecule has 2 amide bonds. The monoisotopic (exact) mass is 546 g/mol. The van der Waals surface area contributed by atoms with Gasteiger partial charge >= 0.3 is 5.97 Å². The van der Waals surface area contributed by atoms with Crippen LogP contribution in [0, 0.1) is 29.1 Å². The number of nitrogens with zero attached hydrogens (tertiary/aromatic N) is 2. The van der Waals surface area contributed by atoms with E-state index in [1.807, 2.05) is 41.5 Å². The lowest BCUT2D eigenvalue weighted by Crippen LogP contribution is -2.63. The van der Waals surface area contributed by atoms with Crippen LogP contribution in [0.1, 0.15) is 75.2 Å². The van der Waals surface area contributed by atoms with E-state index in [-0.39, 0.29) is 42.3 Å². The first kappa shape index (κ1) is 31.3. The molecule has 3 heterocycles. The third kappa shape index (κ3) is 5.08. The van der Waals surface area contributed by atoms with E-state index < -0.39 is 46.6 Å². The molecule has 0 aromatic heterocycles. The molecular weight excluding hydrogens is 496 g/mol. The first-order chi connectivity index (χ1) is 17.9. The molecule has 220 valence electrons. The van der Waals surface area contributed by atoms with Gasteiger partial charge in [0.25, 0.3) is 0 Å². The molecule has 3 fully saturated rings. The Balaban J connectivity index is 2.22. The van der Waals surface area contributed by atoms with Gasteiger partial charge in [0.15, 0.2) is 0 Å². The fourth-order valence-electron chi connectivity index (χ4n) is 7.83. The van der Waals surface area contributed by atoms with Crippen LogP contribution in [-0.2, 0) is 23.9 Å². The highest BCUT2D eigenvalue weighted by Gasteiger charge is 2.81. The topological polar surface area (TPSA) is 96.4 Å². The number of carbonyl (C=O) groups excluding carboxylic acids is 3. The first-order valence-electron chi connectivity index (χ1n) is 14.3. The van der Waals surface area contributed by atoms with Crippen molar-refractivity contribution in [3.05, 3.63) is 25.3 Å². The number of hydrogen-bond donors (Lipinski definition) is 1. The summed E-state index contributed by atoms with van der Waals surface area (Å²) >= 11 is 0. The molecule has 1 N–H and O–H groups in total. The molecular formula is C31H50N2O6. The Morgan fingerprint density at radius 2 is 1.85 bits per heavy atom. The van der Waals surface area contributed by atoms with Crippen molar-refractivity contribution in [1.29, 1.82) is 0 Å². The minimum atomic E-state index is -1.21. The predicted molar refractivity (Wildman–Crippen MR) is 151 cm³/mol. The molecule has 1 spiro atoms. The van der Waals surface area contributed by atoms with E-state index in [2.05, 4.69) is 33.9 Å². The van der Waals surface area contributed by atoms with Gasteiger partial charge in [0, 0.05) is 12.1 Å². The van der Waals surface area contributed by atoms with Gasteiger partial charge in [0.2, 0.25) is 11.8 Å². The smallest absolute Gasteiger partial charge is 0.313 e. The molecule has 3 saturated heterocycles. The summed E-state index contributed by atoms with van der Waals surface area (Å²) in [4.78, 5) is 46.1. The van der Waals surface area contributed by atoms with Gasteiger partial charge in [-0.1, -0.05) is 60.3 Å². The van der Waals surface area contributed by atoms with Crippen LogP contribution >= 0.6 is 0 Å². The summed E-state index contributed by atoms with van der Waals surface area (Å²) in [6.07, 6.45) is 4.37. The highest BCUT2D eigenvalue weighted by Crippen LogP contribution is 2.66. The Labute approximate surface area is 234 Å². The van der Waals surface area contributed by atoms with Gasteiger partial charge in [0.05, 0.1) is 24.2 Å². The van der Waals surface area contributed by atoms with Gasteiger partial charge in [-0.25, -0.2) is 0 Å². The second-order valence-corrected chi connectivity index (χ2v) is 14.1. The summed E-state index contributed by atoms with van der Waals surface area (Å²) in [5.74, 6) is -3.06. The Hall–Kier alpha value is -2.19. The van der Waals surface area contributed by atoms with Gasteiger partial charge < -0.3 is 24.4 Å². The molecule has 2 bridgehead atoms. The van der Waals surface area contributed by atoms with Crippen LogP contribution in [0.15, 0.2) is 25.3 Å². The van der Waals surface area contributed by atoms with E-state index in [0.717, 1.165) is 6.42 Å². The highest BCUT2D eigenvalue weighted by molar-refractivity contribution is 5.99. The second kappa shape index (κ2) is 10.7. The van der Waals surface area contributed by atoms with Gasteiger partial charge in [-0.05, 0) is 50.9 Å². The lowest BCUT2D eigenvalue weighted by atomic mass is 9.62. The average molecular weight is 547 g/mol. The predicted octanol–water partition coefficient (Wildman–Crippen LogP) is 3.97. The van der Waals surface area contributed by atoms with Crippen molar-refractivity contribution < 1.29 is 29.0 Å². The van der Waals surface area contributed by atoms with E-state index in [1.54, 1.807) is 15.9 Å². The Morgan fingerprint density at radius 1 is 1.23 bits per heavy atom. The van der Waals surface area contributed by atoms with Crippen molar-refractivity contribution in [3.8, 4) is 0 Å². The lowest BCUT2D eigenvalue weighted by Gasteiger charge is -2.47. The van der Waals surface area contributed by atoms with Gasteiger partial charge in [-0.3, -0.25) is 14.4 Å². The van der Waals surface area contributed by atoms with Crippen molar-refractivity contribution in [2.45, 2.75) is 104 Å². The number of fused-ring (bicyclic) bond motifs is 1. The van der Waals surface area contributed by atoms with E-state index in [1.165, 1.54) is 6.08 Å². The lowest BCUT2D eigenvalue weighted by molar-refractivity contribution is -0.165. The Bertz CT molecular complexity index is 1000. The van der Waals surface area contributed by atoms with Crippen LogP contribution in [0.3, 0.4) is 0 Å². The third-order valence-electron chi connectivity index (χ3n) is 9.17. The molecule has 3 aliphatic heterocycles. The van der Waals surface area contributed by atoms with Crippen LogP contribution in [0.25, 0.3) is 0 Å². The molecule has 0 saturated carbocycles. The van der Waals surface area contributed by atoms with E-state index >= 15 is 0 Å². The first-order valence-corrected chi connectivity index (χ1v) is 14.3. The van der Waals surface area contributed by atoms with Crippen LogP contribution in [-0.4, -0.2) is 81.3 Å². The number of hydrogen-bond acceptors (Lipinski definition) is 6. The number of ether oxygens (including phenoxy) is 2. The SMILES string of the molecule is C=CCOC(=O)[C@H]1[C@H]2C(=O)N([C@@H](CO)C(C)C)C(C(=O)N(CC=C)C(C)(C)CC(C)(C)C)C23CC(C)[C@]1(C)O3. The normalized spacial score (nSPS) is 32.8. The number of aliphatic hydroxyl groups excluding tert-OH is 1. The summed E-state index contributed by atoms with van der Waals surface area (Å²) in [6.45, 7) is 25.8. The molecule has 0 radical (unpaired) electrons. The van der Waals surface area contributed by atoms with E-state index in [4.69, 9.17) is 9.47 Å². The van der Waals surface area contributed by atoms with E-state index in [0.29, 0.717) is 13.0 Å². The number of esters is 1. The van der Waals surface area contributed by atoms with Crippen molar-refractivity contribution >= 4 is 17.8 Å². The summed E-state index contributed by atoms with van der Waals surface area (Å²) < 4.78 is 12.3. The number of likely N-dealkylation sites (tertiary alicyclic amines) is 1. The number of rotatable bonds is 11. The van der Waals surface area contributed by atoms with Crippen molar-refractivity contribution in [1.82, 2.24) is 9.80 Å². The zero-order chi connectivity index (χ0) is 29.7. The molecule has 0 aliphatic carbocycles. The van der Waals surface area contributed by atoms with Crippen LogP contribution in [0.5, 0.6) is 0 Å². The fourth-order valence-corrected chi connectivity index (χ4v) is 7.83. The molecule has 3 rings (SSSR count). The molecule has 8 nitrogen and oxygen atoms in total. The maximum atomic E-state index is 14.8. The zero-order valence-electron chi connectivity index (χ0n) is 25.5. The minimum absolute atomic E-state index is 0.0269. The number of aliphatic hydroxyl groups is 1. The maximum Gasteiger partial charge on any atom is 0.313 e. The Kier molecular flexibility index (Phi) is 8.56.